The summed E-state index contributed by atoms with van der Waals surface area (Å²) in [5.41, 5.74) is 5.62. The highest BCUT2D eigenvalue weighted by Crippen LogP contribution is 2.21. The molecule has 1 aromatic carbocycles. The van der Waals surface area contributed by atoms with Crippen LogP contribution in [0, 0.1) is 5.82 Å². The molecule has 0 spiro atoms. The molecule has 0 saturated carbocycles. The van der Waals surface area contributed by atoms with E-state index in [-0.39, 0.29) is 16.8 Å². The number of nitrogens with two attached hydrogens (primary N) is 1. The number of halogens is 1. The van der Waals surface area contributed by atoms with Crippen molar-refractivity contribution in [3.63, 3.8) is 0 Å². The molecule has 0 unspecified atom stereocenters. The fourth-order valence-electron chi connectivity index (χ4n) is 1.34. The predicted octanol–water partition coefficient (Wildman–Crippen LogP) is 1.83. The van der Waals surface area contributed by atoms with Gasteiger partial charge in [0.15, 0.2) is 5.82 Å². The van der Waals surface area contributed by atoms with Crippen LogP contribution in [0.1, 0.15) is 32.4 Å². The Morgan fingerprint density at radius 1 is 1.44 bits per heavy atom. The molecule has 0 saturated heterocycles. The Hall–Kier alpha value is -1.13. The van der Waals surface area contributed by atoms with E-state index >= 15 is 0 Å². The van der Waals surface area contributed by atoms with Gasteiger partial charge in [-0.3, -0.25) is 0 Å². The topological polar surface area (TPSA) is 58.3 Å². The Morgan fingerprint density at radius 2 is 2.06 bits per heavy atom. The molecule has 16 heavy (non-hydrogen) atoms. The van der Waals surface area contributed by atoms with E-state index in [4.69, 9.17) is 5.73 Å². The van der Waals surface area contributed by atoms with Gasteiger partial charge in [0.2, 0.25) is 0 Å². The Kier molecular flexibility index (Phi) is 3.88. The normalized spacial score (nSPS) is 13.8. The fourth-order valence-corrected chi connectivity index (χ4v) is 1.34. The van der Waals surface area contributed by atoms with Crippen LogP contribution in [0.4, 0.5) is 10.1 Å². The average Bonchev–Trinajstić information content (AvgIpc) is 2.17. The van der Waals surface area contributed by atoms with Crippen LogP contribution in [0.25, 0.3) is 0 Å². The van der Waals surface area contributed by atoms with Gasteiger partial charge in [0, 0.05) is 17.6 Å². The van der Waals surface area contributed by atoms with Gasteiger partial charge in [0.05, 0.1) is 11.8 Å². The third-order valence-electron chi connectivity index (χ3n) is 2.24. The van der Waals surface area contributed by atoms with Crippen LogP contribution in [0.2, 0.25) is 0 Å². The molecular weight excluding hydrogens is 207 g/mol. The number of β-amino-alcohol motifs (C(OH)–C–C–N with tert-alkyl or cyclic N) is 1. The van der Waals surface area contributed by atoms with Crippen LogP contribution in [0.15, 0.2) is 18.2 Å². The summed E-state index contributed by atoms with van der Waals surface area (Å²) in [4.78, 5) is 0. The molecule has 4 N–H and O–H groups in total. The van der Waals surface area contributed by atoms with E-state index in [0.717, 1.165) is 0 Å². The molecule has 90 valence electrons. The highest BCUT2D eigenvalue weighted by Gasteiger charge is 2.17. The number of benzene rings is 1. The molecule has 0 fully saturated rings. The monoisotopic (exact) mass is 226 g/mol. The van der Waals surface area contributed by atoms with E-state index in [9.17, 15) is 9.50 Å². The minimum Gasteiger partial charge on any atom is -0.396 e. The first-order valence-corrected chi connectivity index (χ1v) is 5.28. The molecule has 4 heteroatoms. The summed E-state index contributed by atoms with van der Waals surface area (Å²) in [6, 6.07) is 4.65. The minimum absolute atomic E-state index is 0.0623. The second kappa shape index (κ2) is 4.80. The van der Waals surface area contributed by atoms with Crippen molar-refractivity contribution in [3.8, 4) is 0 Å². The number of nitrogens with one attached hydrogen (secondary N) is 1. The van der Waals surface area contributed by atoms with Gasteiger partial charge >= 0.3 is 0 Å². The maximum absolute atomic E-state index is 13.6. The van der Waals surface area contributed by atoms with Crippen LogP contribution in [0.3, 0.4) is 0 Å². The Morgan fingerprint density at radius 3 is 2.62 bits per heavy atom. The van der Waals surface area contributed by atoms with E-state index in [2.05, 4.69) is 5.32 Å². The van der Waals surface area contributed by atoms with Gasteiger partial charge in [0.25, 0.3) is 0 Å². The van der Waals surface area contributed by atoms with Gasteiger partial charge in [-0.2, -0.15) is 0 Å². The van der Waals surface area contributed by atoms with Crippen molar-refractivity contribution in [2.75, 3.05) is 12.3 Å². The fraction of sp³-hybridized carbons (Fsp3) is 0.500. The number of nitrogen functional groups attached to an aromatic ring is 1. The van der Waals surface area contributed by atoms with Crippen molar-refractivity contribution < 1.29 is 9.50 Å². The van der Waals surface area contributed by atoms with Crippen molar-refractivity contribution >= 4 is 5.69 Å². The lowest BCUT2D eigenvalue weighted by atomic mass is 10.1. The Bertz CT molecular complexity index is 361. The maximum Gasteiger partial charge on any atom is 0.151 e. The lowest BCUT2D eigenvalue weighted by Gasteiger charge is -2.23. The molecule has 0 amide bonds. The van der Waals surface area contributed by atoms with E-state index in [1.807, 2.05) is 20.8 Å². The number of rotatable bonds is 3. The zero-order valence-electron chi connectivity index (χ0n) is 9.92. The maximum atomic E-state index is 13.6. The molecule has 0 heterocycles. The molecule has 1 rings (SSSR count). The van der Waals surface area contributed by atoms with Crippen LogP contribution >= 0.6 is 0 Å². The van der Waals surface area contributed by atoms with Crippen molar-refractivity contribution in [2.45, 2.75) is 32.4 Å². The second-order valence-electron chi connectivity index (χ2n) is 4.90. The molecule has 0 radical (unpaired) electrons. The molecule has 0 aromatic heterocycles. The van der Waals surface area contributed by atoms with Crippen LogP contribution in [0.5, 0.6) is 0 Å². The van der Waals surface area contributed by atoms with E-state index in [0.29, 0.717) is 6.54 Å². The molecular formula is C12H19FN2O. The summed E-state index contributed by atoms with van der Waals surface area (Å²) in [5, 5.41) is 12.9. The van der Waals surface area contributed by atoms with E-state index in [1.54, 1.807) is 12.1 Å². The first-order valence-electron chi connectivity index (χ1n) is 5.28. The van der Waals surface area contributed by atoms with Crippen molar-refractivity contribution in [1.29, 1.82) is 0 Å². The lowest BCUT2D eigenvalue weighted by molar-refractivity contribution is 0.159. The third kappa shape index (κ3) is 3.47. The largest absolute Gasteiger partial charge is 0.396 e. The number of anilines is 1. The summed E-state index contributed by atoms with van der Waals surface area (Å²) in [6.07, 6.45) is -0.886. The van der Waals surface area contributed by atoms with Gasteiger partial charge in [-0.25, -0.2) is 4.39 Å². The van der Waals surface area contributed by atoms with Crippen molar-refractivity contribution in [1.82, 2.24) is 5.32 Å². The van der Waals surface area contributed by atoms with Crippen LogP contribution < -0.4 is 11.1 Å². The standard InChI is InChI=1S/C12H19FN2O/c1-12(2,3)15-7-10(16)8-5-4-6-9(14)11(8)13/h4-6,10,15-16H,7,14H2,1-3H3/t10-/m0/s1. The third-order valence-corrected chi connectivity index (χ3v) is 2.24. The quantitative estimate of drug-likeness (QED) is 0.689. The average molecular weight is 226 g/mol. The summed E-state index contributed by atoms with van der Waals surface area (Å²) < 4.78 is 13.6. The molecule has 0 aliphatic carbocycles. The van der Waals surface area contributed by atoms with E-state index in [1.165, 1.54) is 6.07 Å². The zero-order chi connectivity index (χ0) is 12.3. The highest BCUT2D eigenvalue weighted by molar-refractivity contribution is 5.43. The van der Waals surface area contributed by atoms with Gasteiger partial charge < -0.3 is 16.2 Å². The van der Waals surface area contributed by atoms with Crippen LogP contribution in [-0.2, 0) is 0 Å². The SMILES string of the molecule is CC(C)(C)NC[C@H](O)c1cccc(N)c1F. The number of aliphatic hydroxyl groups excluding tert-OH is 1. The number of hydrogen-bond donors (Lipinski definition) is 3. The molecule has 0 aliphatic heterocycles. The zero-order valence-corrected chi connectivity index (χ0v) is 9.92. The lowest BCUT2D eigenvalue weighted by Crippen LogP contribution is -2.38. The Labute approximate surface area is 95.5 Å². The van der Waals surface area contributed by atoms with Crippen LogP contribution in [-0.4, -0.2) is 17.2 Å². The Balaban J connectivity index is 2.73. The van der Waals surface area contributed by atoms with Gasteiger partial charge in [-0.15, -0.1) is 0 Å². The first-order chi connectivity index (χ1) is 7.31. The smallest absolute Gasteiger partial charge is 0.151 e. The van der Waals surface area contributed by atoms with Crippen molar-refractivity contribution in [2.24, 2.45) is 0 Å². The molecule has 1 aromatic rings. The van der Waals surface area contributed by atoms with Gasteiger partial charge in [-0.05, 0) is 26.8 Å². The summed E-state index contributed by atoms with van der Waals surface area (Å²) >= 11 is 0. The summed E-state index contributed by atoms with van der Waals surface area (Å²) in [5.74, 6) is -0.536. The number of aliphatic hydroxyl groups is 1. The van der Waals surface area contributed by atoms with E-state index < -0.39 is 11.9 Å². The minimum atomic E-state index is -0.886. The number of hydrogen-bond acceptors (Lipinski definition) is 3. The van der Waals surface area contributed by atoms with Gasteiger partial charge in [-0.1, -0.05) is 12.1 Å². The summed E-state index contributed by atoms with van der Waals surface area (Å²) in [7, 11) is 0. The molecule has 1 atom stereocenters. The second-order valence-corrected chi connectivity index (χ2v) is 4.90. The molecule has 0 aliphatic rings. The molecule has 0 bridgehead atoms. The first kappa shape index (κ1) is 12.9. The van der Waals surface area contributed by atoms with Crippen molar-refractivity contribution in [3.05, 3.63) is 29.6 Å². The predicted molar refractivity (Wildman–Crippen MR) is 63.5 cm³/mol. The summed E-state index contributed by atoms with van der Waals surface area (Å²) in [6.45, 7) is 6.24. The molecule has 3 nitrogen and oxygen atoms in total. The highest BCUT2D eigenvalue weighted by atomic mass is 19.1. The van der Waals surface area contributed by atoms with Gasteiger partial charge in [0.1, 0.15) is 0 Å².